The molecule has 0 atom stereocenters. The van der Waals surface area contributed by atoms with E-state index in [1.807, 2.05) is 6.07 Å². The monoisotopic (exact) mass is 239 g/mol. The van der Waals surface area contributed by atoms with E-state index in [-0.39, 0.29) is 11.5 Å². The Labute approximate surface area is 102 Å². The first kappa shape index (κ1) is 10.4. The highest BCUT2D eigenvalue weighted by Gasteiger charge is 2.03. The van der Waals surface area contributed by atoms with Crippen molar-refractivity contribution in [1.29, 1.82) is 0 Å². The molecule has 0 saturated heterocycles. The molecule has 0 aliphatic rings. The first-order chi connectivity index (χ1) is 8.74. The molecule has 0 saturated carbocycles. The Kier molecular flexibility index (Phi) is 2.26. The zero-order chi connectivity index (χ0) is 12.5. The van der Waals surface area contributed by atoms with E-state index in [2.05, 4.69) is 19.9 Å². The summed E-state index contributed by atoms with van der Waals surface area (Å²) in [6.07, 6.45) is 4.62. The van der Waals surface area contributed by atoms with Crippen molar-refractivity contribution in [2.45, 2.75) is 0 Å². The van der Waals surface area contributed by atoms with Crippen LogP contribution in [0.25, 0.3) is 22.0 Å². The van der Waals surface area contributed by atoms with Crippen LogP contribution in [0.3, 0.4) is 0 Å². The van der Waals surface area contributed by atoms with Crippen LogP contribution in [-0.4, -0.2) is 19.9 Å². The van der Waals surface area contributed by atoms with Gasteiger partial charge in [0.1, 0.15) is 0 Å². The lowest BCUT2D eigenvalue weighted by Gasteiger charge is -2.02. The highest BCUT2D eigenvalue weighted by atomic mass is 16.1. The van der Waals surface area contributed by atoms with Gasteiger partial charge in [-0.1, -0.05) is 6.07 Å². The molecule has 0 fully saturated rings. The van der Waals surface area contributed by atoms with Crippen molar-refractivity contribution >= 4 is 16.9 Å². The van der Waals surface area contributed by atoms with E-state index < -0.39 is 0 Å². The number of hydrogen-bond donors (Lipinski definition) is 2. The molecule has 3 N–H and O–H groups in total. The molecule has 6 nitrogen and oxygen atoms in total. The molecule has 0 unspecified atom stereocenters. The number of nitrogens with one attached hydrogen (secondary N) is 1. The smallest absolute Gasteiger partial charge is 0.258 e. The zero-order valence-electron chi connectivity index (χ0n) is 9.29. The first-order valence-corrected chi connectivity index (χ1v) is 5.29. The van der Waals surface area contributed by atoms with Gasteiger partial charge < -0.3 is 10.7 Å². The Morgan fingerprint density at radius 3 is 2.61 bits per heavy atom. The van der Waals surface area contributed by atoms with E-state index in [1.54, 1.807) is 24.5 Å². The third-order valence-corrected chi connectivity index (χ3v) is 2.65. The average molecular weight is 239 g/mol. The number of nitrogen functional groups attached to an aromatic ring is 1. The van der Waals surface area contributed by atoms with Crippen LogP contribution in [-0.2, 0) is 0 Å². The number of nitrogens with zero attached hydrogens (tertiary/aromatic N) is 3. The Hall–Kier alpha value is -2.76. The Balaban J connectivity index is 2.22. The molecule has 0 aliphatic carbocycles. The lowest BCUT2D eigenvalue weighted by Crippen LogP contribution is -2.06. The number of rotatable bonds is 1. The number of anilines is 1. The number of fused-ring (bicyclic) bond motifs is 1. The second kappa shape index (κ2) is 3.92. The molecule has 0 radical (unpaired) electrons. The van der Waals surface area contributed by atoms with Gasteiger partial charge in [0.25, 0.3) is 5.56 Å². The molecule has 0 bridgehead atoms. The summed E-state index contributed by atoms with van der Waals surface area (Å²) in [7, 11) is 0. The molecule has 0 amide bonds. The minimum Gasteiger partial charge on any atom is -0.368 e. The summed E-state index contributed by atoms with van der Waals surface area (Å²) in [6.45, 7) is 0. The van der Waals surface area contributed by atoms with E-state index in [1.165, 1.54) is 6.33 Å². The third-order valence-electron chi connectivity index (χ3n) is 2.65. The summed E-state index contributed by atoms with van der Waals surface area (Å²) in [5.41, 5.74) is 7.56. The number of benzene rings is 1. The van der Waals surface area contributed by atoms with E-state index in [0.29, 0.717) is 10.9 Å². The maximum absolute atomic E-state index is 11.7. The predicted octanol–water partition coefficient (Wildman–Crippen LogP) is 0.962. The van der Waals surface area contributed by atoms with E-state index in [4.69, 9.17) is 5.73 Å². The van der Waals surface area contributed by atoms with Gasteiger partial charge in [0.05, 0.1) is 17.2 Å². The summed E-state index contributed by atoms with van der Waals surface area (Å²) < 4.78 is 0. The van der Waals surface area contributed by atoms with E-state index >= 15 is 0 Å². The molecular formula is C12H9N5O. The lowest BCUT2D eigenvalue weighted by atomic mass is 10.1. The molecule has 2 aromatic heterocycles. The fourth-order valence-electron chi connectivity index (χ4n) is 1.74. The van der Waals surface area contributed by atoms with Crippen LogP contribution in [0.15, 0.2) is 41.7 Å². The van der Waals surface area contributed by atoms with Gasteiger partial charge in [0, 0.05) is 18.0 Å². The van der Waals surface area contributed by atoms with Crippen molar-refractivity contribution in [2.24, 2.45) is 0 Å². The van der Waals surface area contributed by atoms with Crippen LogP contribution in [0.2, 0.25) is 0 Å². The molecule has 6 heteroatoms. The molecule has 3 aromatic rings. The maximum Gasteiger partial charge on any atom is 0.258 e. The van der Waals surface area contributed by atoms with E-state index in [9.17, 15) is 4.79 Å². The largest absolute Gasteiger partial charge is 0.368 e. The Bertz CT molecular complexity index is 763. The number of hydrogen-bond acceptors (Lipinski definition) is 5. The van der Waals surface area contributed by atoms with Crippen LogP contribution in [0, 0.1) is 0 Å². The average Bonchev–Trinajstić information content (AvgIpc) is 2.40. The molecule has 88 valence electrons. The summed E-state index contributed by atoms with van der Waals surface area (Å²) in [5, 5.41) is 0.534. The molecule has 0 aliphatic heterocycles. The van der Waals surface area contributed by atoms with Gasteiger partial charge >= 0.3 is 0 Å². The molecular weight excluding hydrogens is 230 g/mol. The highest BCUT2D eigenvalue weighted by Crippen LogP contribution is 2.20. The number of aromatic nitrogens is 4. The van der Waals surface area contributed by atoms with Gasteiger partial charge in [-0.05, 0) is 17.7 Å². The van der Waals surface area contributed by atoms with Crippen LogP contribution < -0.4 is 11.3 Å². The summed E-state index contributed by atoms with van der Waals surface area (Å²) in [5.74, 6) is 0.221. The maximum atomic E-state index is 11.7. The fourth-order valence-corrected chi connectivity index (χ4v) is 1.74. The van der Waals surface area contributed by atoms with Crippen molar-refractivity contribution in [3.63, 3.8) is 0 Å². The van der Waals surface area contributed by atoms with Crippen molar-refractivity contribution in [2.75, 3.05) is 5.73 Å². The Morgan fingerprint density at radius 1 is 1.06 bits per heavy atom. The standard InChI is InChI=1S/C12H9N5O/c13-12-14-4-8(5-15-12)7-1-2-10-9(3-7)11(18)17-6-16-10/h1-6H,(H2,13,14,15)(H,16,17,18). The molecule has 2 heterocycles. The topological polar surface area (TPSA) is 97.5 Å². The quantitative estimate of drug-likeness (QED) is 0.659. The fraction of sp³-hybridized carbons (Fsp3) is 0. The number of H-pyrrole nitrogens is 1. The number of nitrogens with two attached hydrogens (primary N) is 1. The van der Waals surface area contributed by atoms with Crippen LogP contribution in [0.1, 0.15) is 0 Å². The zero-order valence-corrected chi connectivity index (χ0v) is 9.29. The predicted molar refractivity (Wildman–Crippen MR) is 67.8 cm³/mol. The lowest BCUT2D eigenvalue weighted by molar-refractivity contribution is 1.17. The van der Waals surface area contributed by atoms with Gasteiger partial charge in [-0.15, -0.1) is 0 Å². The van der Waals surface area contributed by atoms with Crippen LogP contribution in [0.4, 0.5) is 5.95 Å². The summed E-state index contributed by atoms with van der Waals surface area (Å²) >= 11 is 0. The molecule has 1 aromatic carbocycles. The van der Waals surface area contributed by atoms with Gasteiger partial charge in [-0.2, -0.15) is 0 Å². The first-order valence-electron chi connectivity index (χ1n) is 5.29. The second-order valence-corrected chi connectivity index (χ2v) is 3.79. The van der Waals surface area contributed by atoms with Crippen molar-refractivity contribution in [3.05, 3.63) is 47.3 Å². The van der Waals surface area contributed by atoms with Crippen molar-refractivity contribution < 1.29 is 0 Å². The van der Waals surface area contributed by atoms with Crippen molar-refractivity contribution in [3.8, 4) is 11.1 Å². The molecule has 3 rings (SSSR count). The molecule has 18 heavy (non-hydrogen) atoms. The third kappa shape index (κ3) is 1.69. The SMILES string of the molecule is Nc1ncc(-c2ccc3nc[nH]c(=O)c3c2)cn1. The van der Waals surface area contributed by atoms with Gasteiger partial charge in [0.2, 0.25) is 5.95 Å². The second-order valence-electron chi connectivity index (χ2n) is 3.79. The molecule has 0 spiro atoms. The normalized spacial score (nSPS) is 10.7. The van der Waals surface area contributed by atoms with Crippen LogP contribution >= 0.6 is 0 Å². The van der Waals surface area contributed by atoms with Gasteiger partial charge in [-0.25, -0.2) is 15.0 Å². The minimum atomic E-state index is -0.168. The summed E-state index contributed by atoms with van der Waals surface area (Å²) in [6, 6.07) is 5.41. The van der Waals surface area contributed by atoms with Gasteiger partial charge in [-0.3, -0.25) is 4.79 Å². The van der Waals surface area contributed by atoms with Crippen molar-refractivity contribution in [1.82, 2.24) is 19.9 Å². The summed E-state index contributed by atoms with van der Waals surface area (Å²) in [4.78, 5) is 26.1. The highest BCUT2D eigenvalue weighted by molar-refractivity contribution is 5.83. The Morgan fingerprint density at radius 2 is 1.83 bits per heavy atom. The van der Waals surface area contributed by atoms with Crippen LogP contribution in [0.5, 0.6) is 0 Å². The number of aromatic amines is 1. The van der Waals surface area contributed by atoms with E-state index in [0.717, 1.165) is 11.1 Å². The van der Waals surface area contributed by atoms with Gasteiger partial charge in [0.15, 0.2) is 0 Å². The minimum absolute atomic E-state index is 0.168.